The van der Waals surface area contributed by atoms with E-state index in [1.165, 1.54) is 5.56 Å². The zero-order valence-electron chi connectivity index (χ0n) is 9.94. The van der Waals surface area contributed by atoms with Crippen LogP contribution in [0.15, 0.2) is 59.1 Å². The number of aliphatic imine (C=N–C) groups is 1. The lowest BCUT2D eigenvalue weighted by atomic mass is 9.99. The monoisotopic (exact) mass is 243 g/mol. The standard InChI is InChI=1S/C15H14ClN/c1-11-7-3-4-8-12(11)15(16)13-9-5-6-10-14(13)17-2/h3-10H,1-2H3/b15-13+,17-14?. The lowest BCUT2D eigenvalue weighted by Crippen LogP contribution is -2.02. The fraction of sp³-hybridized carbons (Fsp3) is 0.133. The van der Waals surface area contributed by atoms with Crippen molar-refractivity contribution < 1.29 is 0 Å². The van der Waals surface area contributed by atoms with Crippen LogP contribution in [0.25, 0.3) is 5.03 Å². The van der Waals surface area contributed by atoms with E-state index in [1.54, 1.807) is 7.05 Å². The molecule has 1 nitrogen and oxygen atoms in total. The third kappa shape index (κ3) is 2.40. The third-order valence-corrected chi connectivity index (χ3v) is 3.17. The molecule has 0 aromatic heterocycles. The molecule has 1 aliphatic carbocycles. The predicted octanol–water partition coefficient (Wildman–Crippen LogP) is 4.14. The van der Waals surface area contributed by atoms with Crippen LogP contribution >= 0.6 is 11.6 Å². The van der Waals surface area contributed by atoms with Gasteiger partial charge in [-0.05, 0) is 24.1 Å². The summed E-state index contributed by atoms with van der Waals surface area (Å²) in [7, 11) is 1.78. The number of nitrogens with zero attached hydrogens (tertiary/aromatic N) is 1. The molecule has 86 valence electrons. The quantitative estimate of drug-likeness (QED) is 0.703. The summed E-state index contributed by atoms with van der Waals surface area (Å²) in [5, 5.41) is 0.754. The van der Waals surface area contributed by atoms with Gasteiger partial charge in [0.05, 0.1) is 10.7 Å². The SMILES string of the molecule is CN=C1C=CC=C/C1=C(\Cl)c1ccccc1C. The minimum absolute atomic E-state index is 0.754. The minimum Gasteiger partial charge on any atom is -0.288 e. The van der Waals surface area contributed by atoms with E-state index in [0.717, 1.165) is 21.9 Å². The van der Waals surface area contributed by atoms with E-state index in [0.29, 0.717) is 0 Å². The molecule has 17 heavy (non-hydrogen) atoms. The van der Waals surface area contributed by atoms with Crippen molar-refractivity contribution in [1.29, 1.82) is 0 Å². The predicted molar refractivity (Wildman–Crippen MR) is 75.6 cm³/mol. The summed E-state index contributed by atoms with van der Waals surface area (Å²) in [6, 6.07) is 8.10. The van der Waals surface area contributed by atoms with Gasteiger partial charge in [0.1, 0.15) is 0 Å². The first-order valence-electron chi connectivity index (χ1n) is 5.51. The Morgan fingerprint density at radius 1 is 1.12 bits per heavy atom. The molecule has 0 unspecified atom stereocenters. The van der Waals surface area contributed by atoms with Crippen LogP contribution in [0, 0.1) is 6.92 Å². The normalized spacial score (nSPS) is 19.8. The van der Waals surface area contributed by atoms with Gasteiger partial charge in [-0.2, -0.15) is 0 Å². The number of aryl methyl sites for hydroxylation is 1. The Bertz CT molecular complexity index is 548. The summed E-state index contributed by atoms with van der Waals surface area (Å²) < 4.78 is 0. The fourth-order valence-corrected chi connectivity index (χ4v) is 2.19. The number of allylic oxidation sites excluding steroid dienone is 5. The van der Waals surface area contributed by atoms with Crippen molar-refractivity contribution >= 4 is 22.3 Å². The maximum Gasteiger partial charge on any atom is 0.0658 e. The summed E-state index contributed by atoms with van der Waals surface area (Å²) in [5.41, 5.74) is 4.13. The Morgan fingerprint density at radius 2 is 1.82 bits per heavy atom. The first-order valence-corrected chi connectivity index (χ1v) is 5.89. The molecular formula is C15H14ClN. The van der Waals surface area contributed by atoms with Crippen molar-refractivity contribution in [2.75, 3.05) is 7.05 Å². The summed E-state index contributed by atoms with van der Waals surface area (Å²) in [6.45, 7) is 2.06. The van der Waals surface area contributed by atoms with Crippen LogP contribution in [-0.4, -0.2) is 12.8 Å². The van der Waals surface area contributed by atoms with Crippen molar-refractivity contribution in [3.8, 4) is 0 Å². The molecule has 1 aromatic carbocycles. The van der Waals surface area contributed by atoms with Gasteiger partial charge in [-0.15, -0.1) is 0 Å². The topological polar surface area (TPSA) is 12.4 Å². The van der Waals surface area contributed by atoms with Gasteiger partial charge >= 0.3 is 0 Å². The molecule has 0 atom stereocenters. The van der Waals surface area contributed by atoms with Gasteiger partial charge in [0.15, 0.2) is 0 Å². The van der Waals surface area contributed by atoms with Crippen molar-refractivity contribution in [3.05, 3.63) is 65.3 Å². The Labute approximate surface area is 107 Å². The van der Waals surface area contributed by atoms with Crippen LogP contribution in [0.4, 0.5) is 0 Å². The Morgan fingerprint density at radius 3 is 2.53 bits per heavy atom. The average molecular weight is 244 g/mol. The van der Waals surface area contributed by atoms with Crippen LogP contribution in [0.1, 0.15) is 11.1 Å². The van der Waals surface area contributed by atoms with E-state index >= 15 is 0 Å². The summed E-state index contributed by atoms with van der Waals surface area (Å²) >= 11 is 6.48. The first-order chi connectivity index (χ1) is 8.24. The molecular weight excluding hydrogens is 230 g/mol. The Kier molecular flexibility index (Phi) is 3.60. The van der Waals surface area contributed by atoms with Crippen molar-refractivity contribution in [2.45, 2.75) is 6.92 Å². The van der Waals surface area contributed by atoms with Crippen molar-refractivity contribution in [3.63, 3.8) is 0 Å². The Hall–Kier alpha value is -1.60. The van der Waals surface area contributed by atoms with E-state index in [2.05, 4.69) is 18.0 Å². The second-order valence-corrected chi connectivity index (χ2v) is 4.25. The van der Waals surface area contributed by atoms with Crippen LogP contribution in [0.3, 0.4) is 0 Å². The summed E-state index contributed by atoms with van der Waals surface area (Å²) in [4.78, 5) is 4.24. The highest BCUT2D eigenvalue weighted by atomic mass is 35.5. The molecule has 0 N–H and O–H groups in total. The van der Waals surface area contributed by atoms with Gasteiger partial charge in [-0.3, -0.25) is 4.99 Å². The smallest absolute Gasteiger partial charge is 0.0658 e. The lowest BCUT2D eigenvalue weighted by molar-refractivity contribution is 1.42. The molecule has 0 amide bonds. The van der Waals surface area contributed by atoms with Crippen molar-refractivity contribution in [1.82, 2.24) is 0 Å². The van der Waals surface area contributed by atoms with Gasteiger partial charge in [-0.25, -0.2) is 0 Å². The molecule has 0 aliphatic heterocycles. The van der Waals surface area contributed by atoms with Gasteiger partial charge in [0, 0.05) is 12.6 Å². The van der Waals surface area contributed by atoms with Gasteiger partial charge in [-0.1, -0.05) is 54.1 Å². The number of hydrogen-bond donors (Lipinski definition) is 0. The number of rotatable bonds is 1. The molecule has 0 heterocycles. The molecule has 2 heteroatoms. The third-order valence-electron chi connectivity index (χ3n) is 2.76. The maximum absolute atomic E-state index is 6.48. The van der Waals surface area contributed by atoms with Crippen LogP contribution < -0.4 is 0 Å². The zero-order valence-corrected chi connectivity index (χ0v) is 10.7. The van der Waals surface area contributed by atoms with Gasteiger partial charge < -0.3 is 0 Å². The fourth-order valence-electron chi connectivity index (χ4n) is 1.82. The summed E-state index contributed by atoms with van der Waals surface area (Å²) in [5.74, 6) is 0. The zero-order chi connectivity index (χ0) is 12.3. The molecule has 0 radical (unpaired) electrons. The van der Waals surface area contributed by atoms with Crippen molar-refractivity contribution in [2.24, 2.45) is 4.99 Å². The molecule has 1 aromatic rings. The number of hydrogen-bond acceptors (Lipinski definition) is 1. The van der Waals surface area contributed by atoms with E-state index in [9.17, 15) is 0 Å². The average Bonchev–Trinajstić information content (AvgIpc) is 2.38. The second-order valence-electron chi connectivity index (χ2n) is 3.87. The van der Waals surface area contributed by atoms with E-state index in [4.69, 9.17) is 11.6 Å². The molecule has 1 aliphatic rings. The largest absolute Gasteiger partial charge is 0.288 e. The highest BCUT2D eigenvalue weighted by Gasteiger charge is 2.11. The molecule has 0 fully saturated rings. The van der Waals surface area contributed by atoms with Crippen LogP contribution in [0.5, 0.6) is 0 Å². The maximum atomic E-state index is 6.48. The lowest BCUT2D eigenvalue weighted by Gasteiger charge is -2.11. The highest BCUT2D eigenvalue weighted by Crippen LogP contribution is 2.28. The Balaban J connectivity index is 2.56. The molecule has 0 spiro atoms. The highest BCUT2D eigenvalue weighted by molar-refractivity contribution is 6.52. The van der Waals surface area contributed by atoms with Crippen LogP contribution in [0.2, 0.25) is 0 Å². The minimum atomic E-state index is 0.754. The van der Waals surface area contributed by atoms with E-state index in [-0.39, 0.29) is 0 Å². The second kappa shape index (κ2) is 5.15. The molecule has 0 saturated heterocycles. The van der Waals surface area contributed by atoms with E-state index < -0.39 is 0 Å². The number of benzene rings is 1. The van der Waals surface area contributed by atoms with Gasteiger partial charge in [0.2, 0.25) is 0 Å². The molecule has 0 bridgehead atoms. The molecule has 0 saturated carbocycles. The van der Waals surface area contributed by atoms with Crippen LogP contribution in [-0.2, 0) is 0 Å². The first kappa shape index (κ1) is 11.9. The number of halogens is 1. The summed E-state index contributed by atoms with van der Waals surface area (Å²) in [6.07, 6.45) is 7.91. The van der Waals surface area contributed by atoms with E-state index in [1.807, 2.05) is 42.5 Å². The molecule has 2 rings (SSSR count). The van der Waals surface area contributed by atoms with Gasteiger partial charge in [0.25, 0.3) is 0 Å².